The molecule has 1 fully saturated rings. The number of guanidine groups is 1. The van der Waals surface area contributed by atoms with E-state index in [2.05, 4.69) is 44.9 Å². The van der Waals surface area contributed by atoms with Gasteiger partial charge in [0, 0.05) is 45.8 Å². The van der Waals surface area contributed by atoms with E-state index in [4.69, 9.17) is 0 Å². The first-order valence-corrected chi connectivity index (χ1v) is 10.0. The predicted octanol–water partition coefficient (Wildman–Crippen LogP) is 3.21. The number of carbonyl (C=O) groups is 1. The highest BCUT2D eigenvalue weighted by molar-refractivity contribution is 14.0. The Morgan fingerprint density at radius 2 is 1.90 bits per heavy atom. The summed E-state index contributed by atoms with van der Waals surface area (Å²) in [5, 5.41) is 7.93. The molecule has 0 saturated heterocycles. The molecule has 1 saturated carbocycles. The summed E-state index contributed by atoms with van der Waals surface area (Å²) in [6.07, 6.45) is 6.80. The Bertz CT molecular complexity index is 841. The lowest BCUT2D eigenvalue weighted by Crippen LogP contribution is -2.49. The summed E-state index contributed by atoms with van der Waals surface area (Å²) in [4.78, 5) is 23.3. The number of amides is 1. The van der Waals surface area contributed by atoms with Crippen molar-refractivity contribution >= 4 is 46.7 Å². The van der Waals surface area contributed by atoms with Gasteiger partial charge >= 0.3 is 0 Å². The van der Waals surface area contributed by atoms with Gasteiger partial charge in [0.2, 0.25) is 5.91 Å². The zero-order valence-corrected chi connectivity index (χ0v) is 19.9. The number of halogens is 1. The van der Waals surface area contributed by atoms with Crippen molar-refractivity contribution in [3.8, 4) is 0 Å². The van der Waals surface area contributed by atoms with Gasteiger partial charge in [-0.3, -0.25) is 14.8 Å². The molecule has 1 aliphatic carbocycles. The van der Waals surface area contributed by atoms with Crippen molar-refractivity contribution in [3.63, 3.8) is 0 Å². The first-order valence-electron chi connectivity index (χ1n) is 10.0. The Labute approximate surface area is 190 Å². The Balaban J connectivity index is 0.00000300. The van der Waals surface area contributed by atoms with E-state index in [-0.39, 0.29) is 35.3 Å². The Kier molecular flexibility index (Phi) is 8.67. The molecule has 3 rings (SSSR count). The number of hydrogen-bond donors (Lipinski definition) is 2. The first-order chi connectivity index (χ1) is 13.6. The summed E-state index contributed by atoms with van der Waals surface area (Å²) in [5.41, 5.74) is 1.97. The van der Waals surface area contributed by atoms with Crippen LogP contribution in [0.3, 0.4) is 0 Å². The maximum absolute atomic E-state index is 12.7. The number of fused-ring (bicyclic) bond motifs is 1. The number of rotatable bonds is 6. The van der Waals surface area contributed by atoms with Crippen molar-refractivity contribution in [2.75, 3.05) is 34.2 Å². The second kappa shape index (κ2) is 10.8. The molecule has 1 amide bonds. The van der Waals surface area contributed by atoms with Gasteiger partial charge in [-0.25, -0.2) is 0 Å². The first kappa shape index (κ1) is 23.4. The smallest absolute Gasteiger partial charge is 0.230 e. The largest absolute Gasteiger partial charge is 0.356 e. The van der Waals surface area contributed by atoms with Crippen LogP contribution in [0.4, 0.5) is 0 Å². The Hall–Kier alpha value is -1.90. The van der Waals surface area contributed by atoms with Gasteiger partial charge in [-0.05, 0) is 30.9 Å². The molecular weight excluding hydrogens is 477 g/mol. The standard InChI is InChI=1S/C22H31N5O.HI/c1-23-21(26-16-22(12-4-5-13-22)20(28)27(2)3)25-15-11-18-9-6-8-17-10-7-14-24-19(17)18;/h6-10,14H,4-5,11-13,15-16H2,1-3H3,(H2,23,25,26);1H. The Morgan fingerprint density at radius 1 is 1.17 bits per heavy atom. The van der Waals surface area contributed by atoms with Gasteiger partial charge in [0.1, 0.15) is 0 Å². The minimum Gasteiger partial charge on any atom is -0.356 e. The SMILES string of the molecule is CN=C(NCCc1cccc2cccnc12)NCC1(C(=O)N(C)C)CCCC1.I. The molecule has 29 heavy (non-hydrogen) atoms. The average Bonchev–Trinajstić information content (AvgIpc) is 3.20. The minimum atomic E-state index is -0.305. The maximum atomic E-state index is 12.7. The van der Waals surface area contributed by atoms with Crippen LogP contribution >= 0.6 is 24.0 Å². The van der Waals surface area contributed by atoms with E-state index in [0.29, 0.717) is 6.54 Å². The average molecular weight is 509 g/mol. The van der Waals surface area contributed by atoms with E-state index < -0.39 is 0 Å². The second-order valence-electron chi connectivity index (χ2n) is 7.78. The van der Waals surface area contributed by atoms with Gasteiger partial charge < -0.3 is 15.5 Å². The van der Waals surface area contributed by atoms with Crippen molar-refractivity contribution in [1.29, 1.82) is 0 Å². The predicted molar refractivity (Wildman–Crippen MR) is 130 cm³/mol. The summed E-state index contributed by atoms with van der Waals surface area (Å²) in [6.45, 7) is 1.38. The highest BCUT2D eigenvalue weighted by Crippen LogP contribution is 2.38. The summed E-state index contributed by atoms with van der Waals surface area (Å²) in [7, 11) is 5.45. The van der Waals surface area contributed by atoms with Crippen molar-refractivity contribution in [2.24, 2.45) is 10.4 Å². The normalized spacial score (nSPS) is 15.6. The van der Waals surface area contributed by atoms with Gasteiger partial charge in [0.05, 0.1) is 10.9 Å². The molecule has 1 aliphatic rings. The molecule has 158 valence electrons. The molecule has 0 radical (unpaired) electrons. The molecule has 7 heteroatoms. The molecular formula is C22H32IN5O. The fraction of sp³-hybridized carbons (Fsp3) is 0.500. The minimum absolute atomic E-state index is 0. The van der Waals surface area contributed by atoms with Crippen molar-refractivity contribution in [3.05, 3.63) is 42.1 Å². The van der Waals surface area contributed by atoms with Gasteiger partial charge in [0.15, 0.2) is 5.96 Å². The lowest BCUT2D eigenvalue weighted by atomic mass is 9.84. The topological polar surface area (TPSA) is 69.6 Å². The molecule has 0 spiro atoms. The number of carbonyl (C=O) groups excluding carboxylic acids is 1. The highest BCUT2D eigenvalue weighted by atomic mass is 127. The number of hydrogen-bond acceptors (Lipinski definition) is 3. The molecule has 0 unspecified atom stereocenters. The third-order valence-electron chi connectivity index (χ3n) is 5.64. The molecule has 0 atom stereocenters. The van der Waals surface area contributed by atoms with Crippen LogP contribution in [0.5, 0.6) is 0 Å². The van der Waals surface area contributed by atoms with Crippen LogP contribution in [0, 0.1) is 5.41 Å². The van der Waals surface area contributed by atoms with Crippen LogP contribution in [0.25, 0.3) is 10.9 Å². The Morgan fingerprint density at radius 3 is 2.59 bits per heavy atom. The van der Waals surface area contributed by atoms with Crippen LogP contribution in [-0.2, 0) is 11.2 Å². The van der Waals surface area contributed by atoms with E-state index in [1.807, 2.05) is 26.4 Å². The van der Waals surface area contributed by atoms with Gasteiger partial charge in [-0.1, -0.05) is 37.1 Å². The zero-order valence-electron chi connectivity index (χ0n) is 17.6. The fourth-order valence-corrected chi connectivity index (χ4v) is 4.15. The van der Waals surface area contributed by atoms with Crippen molar-refractivity contribution in [2.45, 2.75) is 32.1 Å². The molecule has 1 aromatic carbocycles. The summed E-state index contributed by atoms with van der Waals surface area (Å²) in [6, 6.07) is 10.3. The summed E-state index contributed by atoms with van der Waals surface area (Å²) < 4.78 is 0. The quantitative estimate of drug-likeness (QED) is 0.357. The number of para-hydroxylation sites is 1. The number of nitrogens with zero attached hydrogens (tertiary/aromatic N) is 3. The lowest BCUT2D eigenvalue weighted by Gasteiger charge is -2.31. The van der Waals surface area contributed by atoms with Gasteiger partial charge in [0.25, 0.3) is 0 Å². The highest BCUT2D eigenvalue weighted by Gasteiger charge is 2.42. The van der Waals surface area contributed by atoms with Crippen LogP contribution in [0.15, 0.2) is 41.5 Å². The van der Waals surface area contributed by atoms with Crippen LogP contribution in [-0.4, -0.2) is 56.0 Å². The summed E-state index contributed by atoms with van der Waals surface area (Å²) >= 11 is 0. The van der Waals surface area contributed by atoms with E-state index in [9.17, 15) is 4.79 Å². The van der Waals surface area contributed by atoms with E-state index in [1.54, 1.807) is 11.9 Å². The third-order valence-corrected chi connectivity index (χ3v) is 5.64. The van der Waals surface area contributed by atoms with E-state index >= 15 is 0 Å². The van der Waals surface area contributed by atoms with Gasteiger partial charge in [-0.15, -0.1) is 24.0 Å². The number of nitrogens with one attached hydrogen (secondary N) is 2. The van der Waals surface area contributed by atoms with Gasteiger partial charge in [-0.2, -0.15) is 0 Å². The van der Waals surface area contributed by atoms with E-state index in [1.165, 1.54) is 5.56 Å². The molecule has 1 heterocycles. The third kappa shape index (κ3) is 5.58. The monoisotopic (exact) mass is 509 g/mol. The summed E-state index contributed by atoms with van der Waals surface area (Å²) in [5.74, 6) is 0.959. The molecule has 6 nitrogen and oxygen atoms in total. The number of aromatic nitrogens is 1. The van der Waals surface area contributed by atoms with Crippen molar-refractivity contribution in [1.82, 2.24) is 20.5 Å². The van der Waals surface area contributed by atoms with Crippen molar-refractivity contribution < 1.29 is 4.79 Å². The maximum Gasteiger partial charge on any atom is 0.230 e. The molecule has 0 aliphatic heterocycles. The van der Waals surface area contributed by atoms with E-state index in [0.717, 1.165) is 55.5 Å². The van der Waals surface area contributed by atoms with Crippen LogP contribution in [0.1, 0.15) is 31.2 Å². The molecule has 2 aromatic rings. The zero-order chi connectivity index (χ0) is 20.0. The molecule has 2 N–H and O–H groups in total. The molecule has 1 aromatic heterocycles. The lowest BCUT2D eigenvalue weighted by molar-refractivity contribution is -0.138. The number of aliphatic imine (C=N–C) groups is 1. The molecule has 0 bridgehead atoms. The fourth-order valence-electron chi connectivity index (χ4n) is 4.15. The van der Waals surface area contributed by atoms with Crippen LogP contribution < -0.4 is 10.6 Å². The number of benzene rings is 1. The second-order valence-corrected chi connectivity index (χ2v) is 7.78. The van der Waals surface area contributed by atoms with Crippen LogP contribution in [0.2, 0.25) is 0 Å². The number of pyridine rings is 1.